The normalized spacial score (nSPS) is 16.3. The van der Waals surface area contributed by atoms with Crippen molar-refractivity contribution in [3.63, 3.8) is 0 Å². The molecule has 0 saturated carbocycles. The Morgan fingerprint density at radius 3 is 3.04 bits per heavy atom. The lowest BCUT2D eigenvalue weighted by Gasteiger charge is -2.18. The molecule has 1 aliphatic rings. The van der Waals surface area contributed by atoms with Crippen molar-refractivity contribution in [1.29, 1.82) is 0 Å². The van der Waals surface area contributed by atoms with Crippen LogP contribution in [-0.2, 0) is 17.6 Å². The number of thiophene rings is 1. The maximum absolute atomic E-state index is 12.4. The lowest BCUT2D eigenvalue weighted by molar-refractivity contribution is -0.113. The number of benzene rings is 1. The number of thioether (sulfide) groups is 1. The number of nitrogens with zero attached hydrogens (tertiary/aromatic N) is 2. The van der Waals surface area contributed by atoms with Gasteiger partial charge in [-0.3, -0.25) is 4.79 Å². The van der Waals surface area contributed by atoms with E-state index in [1.165, 1.54) is 28.6 Å². The summed E-state index contributed by atoms with van der Waals surface area (Å²) in [5.41, 5.74) is 1.93. The number of hydrogen-bond donors (Lipinski definition) is 1. The summed E-state index contributed by atoms with van der Waals surface area (Å²) in [5, 5.41) is 5.79. The van der Waals surface area contributed by atoms with Gasteiger partial charge in [-0.25, -0.2) is 9.97 Å². The summed E-state index contributed by atoms with van der Waals surface area (Å²) < 4.78 is 0. The van der Waals surface area contributed by atoms with Gasteiger partial charge in [0.2, 0.25) is 5.91 Å². The predicted octanol–water partition coefficient (Wildman–Crippen LogP) is 5.85. The predicted molar refractivity (Wildman–Crippen MR) is 114 cm³/mol. The Bertz CT molecular complexity index is 1020. The van der Waals surface area contributed by atoms with Crippen molar-refractivity contribution >= 4 is 68.1 Å². The molecule has 4 rings (SSSR count). The molecule has 0 radical (unpaired) electrons. The quantitative estimate of drug-likeness (QED) is 0.410. The van der Waals surface area contributed by atoms with Crippen molar-refractivity contribution in [3.05, 3.63) is 45.0 Å². The second-order valence-corrected chi connectivity index (χ2v) is 9.56. The van der Waals surface area contributed by atoms with Crippen LogP contribution in [0.4, 0.5) is 5.69 Å². The number of nitrogens with one attached hydrogen (secondary N) is 1. The minimum absolute atomic E-state index is 0.131. The molecule has 1 amide bonds. The molecule has 2 aromatic heterocycles. The van der Waals surface area contributed by atoms with Gasteiger partial charge in [0.15, 0.2) is 0 Å². The molecule has 1 unspecified atom stereocenters. The molecule has 1 aliphatic carbocycles. The van der Waals surface area contributed by atoms with Crippen LogP contribution in [-0.4, -0.2) is 21.6 Å². The molecule has 0 bridgehead atoms. The van der Waals surface area contributed by atoms with Gasteiger partial charge in [0.05, 0.1) is 16.5 Å². The number of rotatable bonds is 4. The van der Waals surface area contributed by atoms with E-state index in [0.717, 1.165) is 28.1 Å². The standard InChI is InChI=1S/C19H17Cl2N3OS2/c1-10-2-4-12-15(6-10)27-19-17(12)18(22-9-23-19)26-8-16(25)24-14-5-3-11(20)7-13(14)21/h3,5,7,9-10H,2,4,6,8H2,1H3,(H,24,25). The van der Waals surface area contributed by atoms with Crippen LogP contribution in [0.2, 0.25) is 10.0 Å². The highest BCUT2D eigenvalue weighted by Gasteiger charge is 2.23. The Labute approximate surface area is 175 Å². The van der Waals surface area contributed by atoms with Crippen molar-refractivity contribution < 1.29 is 4.79 Å². The van der Waals surface area contributed by atoms with Gasteiger partial charge in [-0.05, 0) is 48.9 Å². The second kappa shape index (κ2) is 7.95. The number of carbonyl (C=O) groups is 1. The number of amides is 1. The Hall–Kier alpha value is -1.34. The fourth-order valence-corrected chi connectivity index (χ4v) is 5.96. The van der Waals surface area contributed by atoms with Crippen LogP contribution in [0.15, 0.2) is 29.6 Å². The van der Waals surface area contributed by atoms with Gasteiger partial charge in [0.1, 0.15) is 16.2 Å². The molecular weight excluding hydrogens is 421 g/mol. The lowest BCUT2D eigenvalue weighted by Crippen LogP contribution is -2.14. The summed E-state index contributed by atoms with van der Waals surface area (Å²) in [6, 6.07) is 5.01. The monoisotopic (exact) mass is 437 g/mol. The fourth-order valence-electron chi connectivity index (χ4n) is 3.27. The van der Waals surface area contributed by atoms with E-state index in [1.807, 2.05) is 0 Å². The topological polar surface area (TPSA) is 54.9 Å². The first kappa shape index (κ1) is 19.0. The van der Waals surface area contributed by atoms with E-state index in [-0.39, 0.29) is 11.7 Å². The van der Waals surface area contributed by atoms with Crippen LogP contribution < -0.4 is 5.32 Å². The van der Waals surface area contributed by atoms with E-state index >= 15 is 0 Å². The highest BCUT2D eigenvalue weighted by atomic mass is 35.5. The SMILES string of the molecule is CC1CCc2c(sc3ncnc(SCC(=O)Nc4ccc(Cl)cc4Cl)c23)C1. The molecule has 27 heavy (non-hydrogen) atoms. The maximum atomic E-state index is 12.4. The van der Waals surface area contributed by atoms with Gasteiger partial charge >= 0.3 is 0 Å². The number of carbonyl (C=O) groups excluding carboxylic acids is 1. The first-order valence-corrected chi connectivity index (χ1v) is 11.2. The Balaban J connectivity index is 1.51. The molecule has 3 aromatic rings. The summed E-state index contributed by atoms with van der Waals surface area (Å²) in [6.45, 7) is 2.29. The summed E-state index contributed by atoms with van der Waals surface area (Å²) in [6.07, 6.45) is 4.94. The first-order chi connectivity index (χ1) is 13.0. The summed E-state index contributed by atoms with van der Waals surface area (Å²) in [4.78, 5) is 23.7. The van der Waals surface area contributed by atoms with Gasteiger partial charge in [0, 0.05) is 15.3 Å². The van der Waals surface area contributed by atoms with Crippen LogP contribution in [0.25, 0.3) is 10.2 Å². The number of aryl methyl sites for hydroxylation is 1. The number of anilines is 1. The van der Waals surface area contributed by atoms with Crippen LogP contribution >= 0.6 is 46.3 Å². The van der Waals surface area contributed by atoms with Crippen molar-refractivity contribution in [2.45, 2.75) is 31.2 Å². The molecule has 0 saturated heterocycles. The summed E-state index contributed by atoms with van der Waals surface area (Å²) in [5.74, 6) is 0.838. The van der Waals surface area contributed by atoms with E-state index in [2.05, 4.69) is 22.2 Å². The number of halogens is 2. The number of fused-ring (bicyclic) bond motifs is 3. The molecule has 2 heterocycles. The number of aromatic nitrogens is 2. The molecule has 0 fully saturated rings. The highest BCUT2D eigenvalue weighted by Crippen LogP contribution is 2.40. The molecule has 8 heteroatoms. The van der Waals surface area contributed by atoms with E-state index in [4.69, 9.17) is 23.2 Å². The van der Waals surface area contributed by atoms with E-state index in [9.17, 15) is 4.79 Å². The maximum Gasteiger partial charge on any atom is 0.234 e. The zero-order valence-corrected chi connectivity index (χ0v) is 17.7. The largest absolute Gasteiger partial charge is 0.324 e. The average Bonchev–Trinajstić information content (AvgIpc) is 3.00. The average molecular weight is 438 g/mol. The third-order valence-corrected chi connectivity index (χ3v) is 7.30. The smallest absolute Gasteiger partial charge is 0.234 e. The Morgan fingerprint density at radius 2 is 2.22 bits per heavy atom. The molecule has 0 spiro atoms. The van der Waals surface area contributed by atoms with Gasteiger partial charge < -0.3 is 5.32 Å². The summed E-state index contributed by atoms with van der Waals surface area (Å²) in [7, 11) is 0. The van der Waals surface area contributed by atoms with Gasteiger partial charge in [0.25, 0.3) is 0 Å². The van der Waals surface area contributed by atoms with Gasteiger partial charge in [-0.2, -0.15) is 0 Å². The lowest BCUT2D eigenvalue weighted by atomic mass is 9.89. The molecule has 1 atom stereocenters. The minimum atomic E-state index is -0.131. The third-order valence-electron chi connectivity index (χ3n) is 4.60. The molecule has 1 N–H and O–H groups in total. The van der Waals surface area contributed by atoms with Crippen LogP contribution in [0.5, 0.6) is 0 Å². The van der Waals surface area contributed by atoms with Crippen molar-refractivity contribution in [2.75, 3.05) is 11.1 Å². The van der Waals surface area contributed by atoms with Crippen molar-refractivity contribution in [3.8, 4) is 0 Å². The van der Waals surface area contributed by atoms with E-state index in [0.29, 0.717) is 21.7 Å². The van der Waals surface area contributed by atoms with E-state index in [1.54, 1.807) is 35.9 Å². The Morgan fingerprint density at radius 1 is 1.37 bits per heavy atom. The molecule has 140 valence electrons. The third kappa shape index (κ3) is 4.09. The molecule has 4 nitrogen and oxygen atoms in total. The van der Waals surface area contributed by atoms with Crippen LogP contribution in [0, 0.1) is 5.92 Å². The molecule has 0 aliphatic heterocycles. The minimum Gasteiger partial charge on any atom is -0.324 e. The van der Waals surface area contributed by atoms with Gasteiger partial charge in [-0.15, -0.1) is 11.3 Å². The zero-order valence-electron chi connectivity index (χ0n) is 14.6. The van der Waals surface area contributed by atoms with Crippen LogP contribution in [0.3, 0.4) is 0 Å². The summed E-state index contributed by atoms with van der Waals surface area (Å²) >= 11 is 15.2. The zero-order chi connectivity index (χ0) is 19.0. The van der Waals surface area contributed by atoms with Gasteiger partial charge in [-0.1, -0.05) is 41.9 Å². The molecular formula is C19H17Cl2N3OS2. The van der Waals surface area contributed by atoms with Crippen LogP contribution in [0.1, 0.15) is 23.8 Å². The van der Waals surface area contributed by atoms with Crippen molar-refractivity contribution in [1.82, 2.24) is 9.97 Å². The highest BCUT2D eigenvalue weighted by molar-refractivity contribution is 8.00. The molecule has 1 aromatic carbocycles. The van der Waals surface area contributed by atoms with E-state index < -0.39 is 0 Å². The second-order valence-electron chi connectivity index (χ2n) is 6.67. The van der Waals surface area contributed by atoms with Crippen molar-refractivity contribution in [2.24, 2.45) is 5.92 Å². The first-order valence-electron chi connectivity index (χ1n) is 8.64. The Kier molecular flexibility index (Phi) is 5.60. The fraction of sp³-hybridized carbons (Fsp3) is 0.316. The number of hydrogen-bond acceptors (Lipinski definition) is 5.